The fraction of sp³-hybridized carbons (Fsp3) is 1.00. The Balaban J connectivity index is 1.81. The van der Waals surface area contributed by atoms with Gasteiger partial charge in [-0.15, -0.1) is 0 Å². The molecule has 1 aliphatic carbocycles. The van der Waals surface area contributed by atoms with Gasteiger partial charge in [-0.05, 0) is 56.5 Å². The third kappa shape index (κ3) is 4.19. The van der Waals surface area contributed by atoms with E-state index in [4.69, 9.17) is 4.74 Å². The molecule has 20 heavy (non-hydrogen) atoms. The number of nitrogens with zero attached hydrogens (tertiary/aromatic N) is 1. The Hall–Kier alpha value is -0.120. The molecule has 2 fully saturated rings. The van der Waals surface area contributed by atoms with Crippen LogP contribution < -0.4 is 5.32 Å². The Labute approximate surface area is 125 Å². The van der Waals surface area contributed by atoms with E-state index in [1.54, 1.807) is 0 Å². The van der Waals surface area contributed by atoms with Crippen LogP contribution >= 0.6 is 0 Å². The van der Waals surface area contributed by atoms with Crippen LogP contribution in [-0.4, -0.2) is 50.8 Å². The first-order valence-corrected chi connectivity index (χ1v) is 8.52. The van der Waals surface area contributed by atoms with Crippen molar-refractivity contribution in [2.24, 2.45) is 17.3 Å². The van der Waals surface area contributed by atoms with Crippen molar-refractivity contribution in [3.8, 4) is 0 Å². The van der Waals surface area contributed by atoms with Gasteiger partial charge in [-0.25, -0.2) is 0 Å². The molecule has 3 nitrogen and oxygen atoms in total. The van der Waals surface area contributed by atoms with Crippen LogP contribution in [0.25, 0.3) is 0 Å². The van der Waals surface area contributed by atoms with Crippen LogP contribution in [0.15, 0.2) is 0 Å². The summed E-state index contributed by atoms with van der Waals surface area (Å²) in [5, 5.41) is 3.75. The summed E-state index contributed by atoms with van der Waals surface area (Å²) in [5.74, 6) is 1.66. The van der Waals surface area contributed by atoms with Crippen LogP contribution in [0.4, 0.5) is 0 Å². The van der Waals surface area contributed by atoms with Gasteiger partial charge in [0.2, 0.25) is 0 Å². The van der Waals surface area contributed by atoms with Crippen molar-refractivity contribution in [3.63, 3.8) is 0 Å². The highest BCUT2D eigenvalue weighted by molar-refractivity contribution is 4.96. The lowest BCUT2D eigenvalue weighted by molar-refractivity contribution is 0.0531. The molecule has 2 aliphatic rings. The normalized spacial score (nSPS) is 31.1. The monoisotopic (exact) mass is 282 g/mol. The van der Waals surface area contributed by atoms with Crippen LogP contribution in [0.5, 0.6) is 0 Å². The van der Waals surface area contributed by atoms with Crippen LogP contribution in [0.3, 0.4) is 0 Å². The van der Waals surface area contributed by atoms with Gasteiger partial charge in [0.15, 0.2) is 0 Å². The van der Waals surface area contributed by atoms with Gasteiger partial charge in [0.05, 0.1) is 0 Å². The first kappa shape index (κ1) is 16.3. The molecule has 0 radical (unpaired) electrons. The van der Waals surface area contributed by atoms with Gasteiger partial charge in [0.1, 0.15) is 0 Å². The maximum Gasteiger partial charge on any atom is 0.0469 e. The van der Waals surface area contributed by atoms with Crippen molar-refractivity contribution in [2.75, 3.05) is 39.9 Å². The summed E-state index contributed by atoms with van der Waals surface area (Å²) in [6.07, 6.45) is 5.23. The van der Waals surface area contributed by atoms with E-state index in [0.29, 0.717) is 11.5 Å². The average Bonchev–Trinajstić information content (AvgIpc) is 2.68. The largest absolute Gasteiger partial charge is 0.381 e. The van der Waals surface area contributed by atoms with Crippen LogP contribution in [-0.2, 0) is 4.74 Å². The molecular formula is C17H34N2O. The summed E-state index contributed by atoms with van der Waals surface area (Å²) < 4.78 is 5.46. The highest BCUT2D eigenvalue weighted by atomic mass is 16.5. The van der Waals surface area contributed by atoms with Crippen molar-refractivity contribution in [1.82, 2.24) is 10.2 Å². The van der Waals surface area contributed by atoms with Gasteiger partial charge in [0, 0.05) is 32.3 Å². The van der Waals surface area contributed by atoms with Gasteiger partial charge in [0.25, 0.3) is 0 Å². The van der Waals surface area contributed by atoms with E-state index in [1.807, 2.05) is 0 Å². The zero-order chi connectivity index (χ0) is 14.6. The van der Waals surface area contributed by atoms with E-state index < -0.39 is 0 Å². The van der Waals surface area contributed by atoms with Crippen molar-refractivity contribution in [3.05, 3.63) is 0 Å². The van der Waals surface area contributed by atoms with Gasteiger partial charge >= 0.3 is 0 Å². The fourth-order valence-corrected chi connectivity index (χ4v) is 4.22. The molecule has 3 heteroatoms. The zero-order valence-electron chi connectivity index (χ0n) is 14.0. The molecule has 118 valence electrons. The smallest absolute Gasteiger partial charge is 0.0469 e. The second-order valence-electron chi connectivity index (χ2n) is 7.60. The maximum absolute atomic E-state index is 5.46. The third-order valence-electron chi connectivity index (χ3n) is 5.35. The summed E-state index contributed by atoms with van der Waals surface area (Å²) >= 11 is 0. The van der Waals surface area contributed by atoms with Crippen LogP contribution in [0.2, 0.25) is 0 Å². The molecule has 1 aliphatic heterocycles. The molecule has 1 N–H and O–H groups in total. The van der Waals surface area contributed by atoms with Crippen molar-refractivity contribution in [2.45, 2.75) is 52.5 Å². The van der Waals surface area contributed by atoms with Crippen LogP contribution in [0, 0.1) is 17.3 Å². The molecule has 0 aromatic carbocycles. The molecule has 0 aromatic rings. The Bertz CT molecular complexity index is 287. The van der Waals surface area contributed by atoms with Gasteiger partial charge in [-0.1, -0.05) is 20.8 Å². The standard InChI is InChI=1S/C17H34N2O/c1-5-18-16-15(6-9-17(16,2)3)13-19(4)12-14-7-10-20-11-8-14/h14-16,18H,5-13H2,1-4H3. The summed E-state index contributed by atoms with van der Waals surface area (Å²) in [5.41, 5.74) is 0.459. The minimum atomic E-state index is 0.459. The van der Waals surface area contributed by atoms with E-state index in [0.717, 1.165) is 31.6 Å². The third-order valence-corrected chi connectivity index (χ3v) is 5.35. The predicted molar refractivity (Wildman–Crippen MR) is 85.0 cm³/mol. The SMILES string of the molecule is CCNC1C(CN(C)CC2CCOCC2)CCC1(C)C. The quantitative estimate of drug-likeness (QED) is 0.811. The Morgan fingerprint density at radius 1 is 1.15 bits per heavy atom. The summed E-state index contributed by atoms with van der Waals surface area (Å²) in [7, 11) is 2.31. The Kier molecular flexibility index (Phi) is 5.88. The Morgan fingerprint density at radius 2 is 1.85 bits per heavy atom. The van der Waals surface area contributed by atoms with Gasteiger partial charge in [-0.3, -0.25) is 0 Å². The molecule has 0 spiro atoms. The number of nitrogens with one attached hydrogen (secondary N) is 1. The lowest BCUT2D eigenvalue weighted by Crippen LogP contribution is -2.45. The van der Waals surface area contributed by atoms with Crippen molar-refractivity contribution in [1.29, 1.82) is 0 Å². The first-order valence-electron chi connectivity index (χ1n) is 8.52. The minimum absolute atomic E-state index is 0.459. The average molecular weight is 282 g/mol. The topological polar surface area (TPSA) is 24.5 Å². The molecule has 0 bridgehead atoms. The lowest BCUT2D eigenvalue weighted by Gasteiger charge is -2.34. The molecule has 1 saturated heterocycles. The lowest BCUT2D eigenvalue weighted by atomic mass is 9.84. The highest BCUT2D eigenvalue weighted by Gasteiger charge is 2.41. The summed E-state index contributed by atoms with van der Waals surface area (Å²) in [6, 6.07) is 0.685. The second kappa shape index (κ2) is 7.24. The molecule has 0 amide bonds. The molecule has 0 aromatic heterocycles. The second-order valence-corrected chi connectivity index (χ2v) is 7.60. The highest BCUT2D eigenvalue weighted by Crippen LogP contribution is 2.41. The predicted octanol–water partition coefficient (Wildman–Crippen LogP) is 2.76. The molecule has 1 saturated carbocycles. The summed E-state index contributed by atoms with van der Waals surface area (Å²) in [6.45, 7) is 12.6. The molecule has 2 rings (SSSR count). The number of rotatable bonds is 6. The number of hydrogen-bond acceptors (Lipinski definition) is 3. The number of hydrogen-bond donors (Lipinski definition) is 1. The van der Waals surface area contributed by atoms with Crippen molar-refractivity contribution >= 4 is 0 Å². The number of ether oxygens (including phenoxy) is 1. The summed E-state index contributed by atoms with van der Waals surface area (Å²) in [4.78, 5) is 2.58. The Morgan fingerprint density at radius 3 is 2.50 bits per heavy atom. The van der Waals surface area contributed by atoms with Crippen molar-refractivity contribution < 1.29 is 4.74 Å². The molecule has 2 atom stereocenters. The van der Waals surface area contributed by atoms with E-state index in [2.05, 4.69) is 38.0 Å². The maximum atomic E-state index is 5.46. The van der Waals surface area contributed by atoms with Gasteiger partial charge in [-0.2, -0.15) is 0 Å². The molecule has 2 unspecified atom stereocenters. The minimum Gasteiger partial charge on any atom is -0.381 e. The molecular weight excluding hydrogens is 248 g/mol. The zero-order valence-corrected chi connectivity index (χ0v) is 14.0. The van der Waals surface area contributed by atoms with E-state index in [1.165, 1.54) is 38.8 Å². The first-order chi connectivity index (χ1) is 9.53. The molecule has 1 heterocycles. The van der Waals surface area contributed by atoms with E-state index in [9.17, 15) is 0 Å². The van der Waals surface area contributed by atoms with Crippen LogP contribution in [0.1, 0.15) is 46.5 Å². The van der Waals surface area contributed by atoms with E-state index in [-0.39, 0.29) is 0 Å². The van der Waals surface area contributed by atoms with Gasteiger partial charge < -0.3 is 15.0 Å². The fourth-order valence-electron chi connectivity index (χ4n) is 4.22. The van der Waals surface area contributed by atoms with E-state index >= 15 is 0 Å².